The van der Waals surface area contributed by atoms with Crippen LogP contribution in [0.1, 0.15) is 16.1 Å². The lowest BCUT2D eigenvalue weighted by atomic mass is 10.1. The number of carbonyl (C=O) groups excluding carboxylic acids is 1. The van der Waals surface area contributed by atoms with Gasteiger partial charge in [-0.15, -0.1) is 0 Å². The molecule has 0 aliphatic carbocycles. The van der Waals surface area contributed by atoms with Crippen LogP contribution in [0.2, 0.25) is 0 Å². The molecule has 1 heterocycles. The van der Waals surface area contributed by atoms with E-state index in [1.807, 2.05) is 6.07 Å². The van der Waals surface area contributed by atoms with Crippen molar-refractivity contribution in [2.24, 2.45) is 0 Å². The quantitative estimate of drug-likeness (QED) is 0.781. The van der Waals surface area contributed by atoms with Gasteiger partial charge in [0.05, 0.1) is 44.0 Å². The topological polar surface area (TPSA) is 97.8 Å². The van der Waals surface area contributed by atoms with Gasteiger partial charge in [-0.3, -0.25) is 14.1 Å². The van der Waals surface area contributed by atoms with Crippen LogP contribution in [0.4, 0.5) is 5.69 Å². The number of carbonyl (C=O) groups is 1. The van der Waals surface area contributed by atoms with Crippen molar-refractivity contribution >= 4 is 21.6 Å². The number of nitrogens with zero attached hydrogens (tertiary/aromatic N) is 2. The number of nitrogens with one attached hydrogen (secondary N) is 1. The summed E-state index contributed by atoms with van der Waals surface area (Å²) in [5.74, 6) is 0.183. The average Bonchev–Trinajstić information content (AvgIpc) is 2.64. The Labute approximate surface area is 152 Å². The van der Waals surface area contributed by atoms with Gasteiger partial charge in [-0.05, 0) is 18.2 Å². The van der Waals surface area contributed by atoms with E-state index in [2.05, 4.69) is 10.3 Å². The average molecular weight is 379 g/mol. The van der Waals surface area contributed by atoms with E-state index in [9.17, 15) is 13.2 Å². The molecule has 140 valence electrons. The summed E-state index contributed by atoms with van der Waals surface area (Å²) >= 11 is 0. The van der Waals surface area contributed by atoms with Crippen molar-refractivity contribution in [2.45, 2.75) is 6.54 Å². The molecular formula is C17H21N3O5S. The number of rotatable bonds is 7. The molecule has 1 amide bonds. The minimum Gasteiger partial charge on any atom is -0.493 e. The third-order valence-electron chi connectivity index (χ3n) is 3.74. The van der Waals surface area contributed by atoms with E-state index in [1.165, 1.54) is 33.4 Å². The van der Waals surface area contributed by atoms with Crippen molar-refractivity contribution < 1.29 is 22.7 Å². The lowest BCUT2D eigenvalue weighted by Gasteiger charge is -2.22. The Hall–Kier alpha value is -2.81. The van der Waals surface area contributed by atoms with Crippen LogP contribution in [0.15, 0.2) is 36.5 Å². The molecule has 0 atom stereocenters. The standard InChI is InChI=1S/C17H21N3O5S/c1-20(26(4,22)23)14-10-16(25-3)15(24-2)9-13(14)17(21)19-11-12-7-5-6-8-18-12/h5-10H,11H2,1-4H3,(H,19,21). The second-order valence-corrected chi connectivity index (χ2v) is 7.47. The number of ether oxygens (including phenoxy) is 2. The molecule has 9 heteroatoms. The van der Waals surface area contributed by atoms with Crippen LogP contribution in [0.3, 0.4) is 0 Å². The number of pyridine rings is 1. The van der Waals surface area contributed by atoms with Gasteiger partial charge < -0.3 is 14.8 Å². The molecule has 0 spiro atoms. The number of benzene rings is 1. The number of aromatic nitrogens is 1. The van der Waals surface area contributed by atoms with Gasteiger partial charge in [0.25, 0.3) is 5.91 Å². The summed E-state index contributed by atoms with van der Waals surface area (Å²) < 4.78 is 35.4. The summed E-state index contributed by atoms with van der Waals surface area (Å²) in [5, 5.41) is 2.73. The van der Waals surface area contributed by atoms with E-state index in [1.54, 1.807) is 18.3 Å². The highest BCUT2D eigenvalue weighted by atomic mass is 32.2. The zero-order valence-electron chi connectivity index (χ0n) is 15.0. The highest BCUT2D eigenvalue weighted by Crippen LogP contribution is 2.35. The maximum absolute atomic E-state index is 12.7. The smallest absolute Gasteiger partial charge is 0.253 e. The predicted octanol–water partition coefficient (Wildman–Crippen LogP) is 1.42. The van der Waals surface area contributed by atoms with E-state index in [-0.39, 0.29) is 17.8 Å². The Balaban J connectivity index is 2.42. The van der Waals surface area contributed by atoms with Crippen molar-refractivity contribution in [3.63, 3.8) is 0 Å². The van der Waals surface area contributed by atoms with Crippen molar-refractivity contribution in [2.75, 3.05) is 31.8 Å². The van der Waals surface area contributed by atoms with Crippen molar-refractivity contribution in [1.82, 2.24) is 10.3 Å². The van der Waals surface area contributed by atoms with Gasteiger partial charge >= 0.3 is 0 Å². The number of sulfonamides is 1. The number of amides is 1. The molecule has 1 aromatic carbocycles. The fourth-order valence-corrected chi connectivity index (χ4v) is 2.77. The second-order valence-electron chi connectivity index (χ2n) is 5.46. The van der Waals surface area contributed by atoms with Crippen LogP contribution >= 0.6 is 0 Å². The van der Waals surface area contributed by atoms with E-state index in [4.69, 9.17) is 9.47 Å². The molecule has 26 heavy (non-hydrogen) atoms. The lowest BCUT2D eigenvalue weighted by Crippen LogP contribution is -2.30. The summed E-state index contributed by atoms with van der Waals surface area (Å²) in [6, 6.07) is 8.27. The Bertz CT molecular complexity index is 885. The van der Waals surface area contributed by atoms with Gasteiger partial charge in [-0.2, -0.15) is 0 Å². The molecule has 0 unspecified atom stereocenters. The molecule has 0 saturated heterocycles. The molecule has 0 aliphatic rings. The maximum Gasteiger partial charge on any atom is 0.253 e. The first kappa shape index (κ1) is 19.5. The lowest BCUT2D eigenvalue weighted by molar-refractivity contribution is 0.0950. The van der Waals surface area contributed by atoms with Gasteiger partial charge in [0.15, 0.2) is 11.5 Å². The zero-order valence-corrected chi connectivity index (χ0v) is 15.8. The van der Waals surface area contributed by atoms with Crippen molar-refractivity contribution in [3.8, 4) is 11.5 Å². The third kappa shape index (κ3) is 4.42. The van der Waals surface area contributed by atoms with E-state index in [0.29, 0.717) is 17.2 Å². The molecule has 0 saturated carbocycles. The molecule has 0 bridgehead atoms. The molecule has 1 aromatic heterocycles. The molecule has 0 radical (unpaired) electrons. The fourth-order valence-electron chi connectivity index (χ4n) is 2.26. The van der Waals surface area contributed by atoms with Gasteiger partial charge in [0, 0.05) is 19.3 Å². The number of anilines is 1. The molecular weight excluding hydrogens is 358 g/mol. The molecule has 0 aliphatic heterocycles. The monoisotopic (exact) mass is 379 g/mol. The van der Waals surface area contributed by atoms with Gasteiger partial charge in [-0.1, -0.05) is 6.07 Å². The summed E-state index contributed by atoms with van der Waals surface area (Å²) in [5.41, 5.74) is 1.01. The SMILES string of the molecule is COc1cc(C(=O)NCc2ccccn2)c(N(C)S(C)(=O)=O)cc1OC. The first-order valence-corrected chi connectivity index (χ1v) is 9.50. The molecule has 8 nitrogen and oxygen atoms in total. The molecule has 0 fully saturated rings. The normalized spacial score (nSPS) is 10.9. The minimum absolute atomic E-state index is 0.145. The van der Waals surface area contributed by atoms with Crippen LogP contribution in [-0.2, 0) is 16.6 Å². The van der Waals surface area contributed by atoms with E-state index < -0.39 is 15.9 Å². The Morgan fingerprint density at radius 2 is 1.85 bits per heavy atom. The highest BCUT2D eigenvalue weighted by molar-refractivity contribution is 7.92. The van der Waals surface area contributed by atoms with E-state index in [0.717, 1.165) is 10.6 Å². The number of methoxy groups -OCH3 is 2. The first-order chi connectivity index (χ1) is 12.3. The maximum atomic E-state index is 12.7. The largest absolute Gasteiger partial charge is 0.493 e. The van der Waals surface area contributed by atoms with Crippen LogP contribution in [-0.4, -0.2) is 46.8 Å². The third-order valence-corrected chi connectivity index (χ3v) is 4.93. The van der Waals surface area contributed by atoms with Crippen molar-refractivity contribution in [3.05, 3.63) is 47.8 Å². The van der Waals surface area contributed by atoms with Gasteiger partial charge in [0.2, 0.25) is 10.0 Å². The molecule has 2 rings (SSSR count). The predicted molar refractivity (Wildman–Crippen MR) is 98.2 cm³/mol. The van der Waals surface area contributed by atoms with Gasteiger partial charge in [0.1, 0.15) is 0 Å². The van der Waals surface area contributed by atoms with Crippen LogP contribution in [0.5, 0.6) is 11.5 Å². The van der Waals surface area contributed by atoms with Crippen molar-refractivity contribution in [1.29, 1.82) is 0 Å². The Morgan fingerprint density at radius 1 is 1.19 bits per heavy atom. The summed E-state index contributed by atoms with van der Waals surface area (Å²) in [6.07, 6.45) is 2.68. The summed E-state index contributed by atoms with van der Waals surface area (Å²) in [6.45, 7) is 0.204. The number of hydrogen-bond acceptors (Lipinski definition) is 6. The summed E-state index contributed by atoms with van der Waals surface area (Å²) in [4.78, 5) is 16.8. The van der Waals surface area contributed by atoms with Crippen LogP contribution in [0.25, 0.3) is 0 Å². The molecule has 2 aromatic rings. The second kappa shape index (κ2) is 8.05. The zero-order chi connectivity index (χ0) is 19.3. The van der Waals surface area contributed by atoms with Gasteiger partial charge in [-0.25, -0.2) is 8.42 Å². The first-order valence-electron chi connectivity index (χ1n) is 7.66. The Kier molecular flexibility index (Phi) is 6.04. The molecule has 1 N–H and O–H groups in total. The summed E-state index contributed by atoms with van der Waals surface area (Å²) in [7, 11) is 0.660. The van der Waals surface area contributed by atoms with Crippen LogP contribution in [0, 0.1) is 0 Å². The van der Waals surface area contributed by atoms with E-state index >= 15 is 0 Å². The highest BCUT2D eigenvalue weighted by Gasteiger charge is 2.23. The number of hydrogen-bond donors (Lipinski definition) is 1. The minimum atomic E-state index is -3.58. The van der Waals surface area contributed by atoms with Crippen LogP contribution < -0.4 is 19.1 Å². The fraction of sp³-hybridized carbons (Fsp3) is 0.294. The Morgan fingerprint density at radius 3 is 2.38 bits per heavy atom.